The molecule has 1 saturated carbocycles. The predicted octanol–water partition coefficient (Wildman–Crippen LogP) is 3.58. The van der Waals surface area contributed by atoms with Crippen LogP contribution in [0.5, 0.6) is 11.5 Å². The zero-order valence-electron chi connectivity index (χ0n) is 20.8. The molecule has 7 heteroatoms. The molecule has 2 aliphatic heterocycles. The molecule has 3 heterocycles. The summed E-state index contributed by atoms with van der Waals surface area (Å²) in [5, 5.41) is 26.9. The lowest BCUT2D eigenvalue weighted by molar-refractivity contribution is -0.163. The first-order valence-corrected chi connectivity index (χ1v) is 13.3. The van der Waals surface area contributed by atoms with E-state index < -0.39 is 17.1 Å². The molecule has 2 fully saturated rings. The third-order valence-corrected chi connectivity index (χ3v) is 9.21. The monoisotopic (exact) mass is 503 g/mol. The maximum atomic E-state index is 13.7. The lowest BCUT2D eigenvalue weighted by Gasteiger charge is -2.63. The van der Waals surface area contributed by atoms with Gasteiger partial charge in [0.2, 0.25) is 5.91 Å². The molecule has 3 aliphatic carbocycles. The molecule has 4 atom stereocenters. The van der Waals surface area contributed by atoms with Crippen LogP contribution in [0, 0.1) is 5.92 Å². The Morgan fingerprint density at radius 2 is 2.11 bits per heavy atom. The molecule has 2 bridgehead atoms. The van der Waals surface area contributed by atoms with Crippen LogP contribution in [0.3, 0.4) is 0 Å². The van der Waals surface area contributed by atoms with Crippen LogP contribution in [0.15, 0.2) is 42.2 Å². The number of aromatic hydroxyl groups is 1. The minimum absolute atomic E-state index is 0. The zero-order valence-corrected chi connectivity index (χ0v) is 20.8. The number of carbonyl (C=O) groups is 1. The standard InChI is InChI=1S/C29H33N3O4.CH4/c1-16(2)31-27(34)20-13-29(35)22-12-18-7-8-21(33)25-24(18)28(29,9-11-32(22)15-17-5-6-17)26(36-25)23(20)19-4-3-10-30-14-19;/h3-4,7-8,10,14,16-17,22,26,33,35H,5-6,9,11-13,15H2,1-2H3,(H,31,34);1H4/t22-,26+,28+,29-;/m1./s1. The fraction of sp³-hybridized carbons (Fsp3) is 0.533. The van der Waals surface area contributed by atoms with Gasteiger partial charge in [-0.15, -0.1) is 0 Å². The van der Waals surface area contributed by atoms with Crippen LogP contribution in [0.4, 0.5) is 0 Å². The van der Waals surface area contributed by atoms with Crippen LogP contribution in [0.1, 0.15) is 63.6 Å². The number of piperidine rings is 1. The molecule has 1 spiro atoms. The number of amides is 1. The van der Waals surface area contributed by atoms with Crippen LogP contribution >= 0.6 is 0 Å². The summed E-state index contributed by atoms with van der Waals surface area (Å²) in [6.45, 7) is 5.74. The third-order valence-electron chi connectivity index (χ3n) is 9.21. The van der Waals surface area contributed by atoms with Gasteiger partial charge in [0.05, 0.1) is 11.0 Å². The summed E-state index contributed by atoms with van der Waals surface area (Å²) in [7, 11) is 0. The second-order valence-corrected chi connectivity index (χ2v) is 11.7. The number of rotatable bonds is 5. The predicted molar refractivity (Wildman–Crippen MR) is 141 cm³/mol. The van der Waals surface area contributed by atoms with Gasteiger partial charge in [-0.3, -0.25) is 14.7 Å². The van der Waals surface area contributed by atoms with Gasteiger partial charge in [0.25, 0.3) is 0 Å². The highest BCUT2D eigenvalue weighted by Crippen LogP contribution is 2.67. The van der Waals surface area contributed by atoms with Crippen molar-refractivity contribution in [1.82, 2.24) is 15.2 Å². The number of phenolic OH excluding ortho intramolecular Hbond substituents is 1. The molecule has 0 radical (unpaired) electrons. The maximum Gasteiger partial charge on any atom is 0.247 e. The number of ether oxygens (including phenoxy) is 1. The largest absolute Gasteiger partial charge is 0.504 e. The molecule has 7 rings (SSSR count). The highest BCUT2D eigenvalue weighted by molar-refractivity contribution is 6.04. The summed E-state index contributed by atoms with van der Waals surface area (Å²) < 4.78 is 6.66. The molecule has 5 aliphatic rings. The van der Waals surface area contributed by atoms with Crippen LogP contribution in [-0.2, 0) is 16.6 Å². The van der Waals surface area contributed by atoms with Crippen LogP contribution in [-0.4, -0.2) is 62.9 Å². The van der Waals surface area contributed by atoms with Crippen LogP contribution in [0.2, 0.25) is 0 Å². The Morgan fingerprint density at radius 3 is 2.81 bits per heavy atom. The van der Waals surface area contributed by atoms with Gasteiger partial charge in [-0.1, -0.05) is 19.6 Å². The van der Waals surface area contributed by atoms with Crippen molar-refractivity contribution in [2.45, 2.75) is 82.6 Å². The first kappa shape index (κ1) is 24.4. The third kappa shape index (κ3) is 3.26. The van der Waals surface area contributed by atoms with Gasteiger partial charge in [0.15, 0.2) is 11.5 Å². The van der Waals surface area contributed by atoms with Crippen molar-refractivity contribution in [3.05, 3.63) is 58.9 Å². The minimum atomic E-state index is -1.19. The Balaban J connectivity index is 0.00000252. The van der Waals surface area contributed by atoms with Crippen molar-refractivity contribution >= 4 is 11.5 Å². The van der Waals surface area contributed by atoms with E-state index in [4.69, 9.17) is 4.74 Å². The number of nitrogens with one attached hydrogen (secondary N) is 1. The zero-order chi connectivity index (χ0) is 24.8. The first-order chi connectivity index (χ1) is 17.3. The van der Waals surface area contributed by atoms with E-state index in [1.54, 1.807) is 18.5 Å². The van der Waals surface area contributed by atoms with Gasteiger partial charge in [0, 0.05) is 59.7 Å². The molecular weight excluding hydrogens is 466 g/mol. The first-order valence-electron chi connectivity index (χ1n) is 13.3. The number of benzene rings is 1. The number of carbonyl (C=O) groups excluding carboxylic acids is 1. The molecule has 1 aromatic carbocycles. The molecule has 1 aromatic heterocycles. The molecular formula is C30H37N3O4. The molecule has 37 heavy (non-hydrogen) atoms. The average Bonchev–Trinajstić information content (AvgIpc) is 3.59. The van der Waals surface area contributed by atoms with E-state index in [9.17, 15) is 15.0 Å². The van der Waals surface area contributed by atoms with Crippen molar-refractivity contribution in [1.29, 1.82) is 0 Å². The van der Waals surface area contributed by atoms with E-state index >= 15 is 0 Å². The number of hydrogen-bond acceptors (Lipinski definition) is 6. The maximum absolute atomic E-state index is 13.7. The van der Waals surface area contributed by atoms with Crippen molar-refractivity contribution < 1.29 is 19.7 Å². The van der Waals surface area contributed by atoms with E-state index in [1.807, 2.05) is 32.0 Å². The van der Waals surface area contributed by atoms with Gasteiger partial charge < -0.3 is 20.3 Å². The Kier molecular flexibility index (Phi) is 5.48. The van der Waals surface area contributed by atoms with Gasteiger partial charge in [-0.2, -0.15) is 0 Å². The number of aromatic nitrogens is 1. The van der Waals surface area contributed by atoms with Gasteiger partial charge >= 0.3 is 0 Å². The molecule has 3 N–H and O–H groups in total. The number of hydrogen-bond donors (Lipinski definition) is 3. The van der Waals surface area contributed by atoms with Crippen molar-refractivity contribution in [3.63, 3.8) is 0 Å². The fourth-order valence-electron chi connectivity index (χ4n) is 7.59. The SMILES string of the molecule is C.CC(C)NC(=O)C1=C(c2cccnc2)[C@@H]2Oc3c(O)ccc4c3[C@@]23CCN(CC2CC2)[C@H](C4)[C@]3(O)C1. The lowest BCUT2D eigenvalue weighted by Crippen LogP contribution is -2.75. The quantitative estimate of drug-likeness (QED) is 0.578. The number of pyridine rings is 1. The topological polar surface area (TPSA) is 94.9 Å². The number of likely N-dealkylation sites (tertiary alicyclic amines) is 1. The second-order valence-electron chi connectivity index (χ2n) is 11.7. The number of phenols is 1. The average molecular weight is 504 g/mol. The highest BCUT2D eigenvalue weighted by Gasteiger charge is 2.73. The van der Waals surface area contributed by atoms with E-state index in [0.29, 0.717) is 30.1 Å². The smallest absolute Gasteiger partial charge is 0.247 e. The normalized spacial score (nSPS) is 31.5. The highest BCUT2D eigenvalue weighted by atomic mass is 16.5. The van der Waals surface area contributed by atoms with E-state index in [0.717, 1.165) is 35.4 Å². The number of nitrogens with zero attached hydrogens (tertiary/aromatic N) is 2. The number of aliphatic hydroxyl groups is 1. The van der Waals surface area contributed by atoms with Gasteiger partial charge in [0.1, 0.15) is 6.10 Å². The fourth-order valence-corrected chi connectivity index (χ4v) is 7.59. The van der Waals surface area contributed by atoms with Crippen molar-refractivity contribution in [3.8, 4) is 11.5 Å². The Hall–Kier alpha value is -2.90. The summed E-state index contributed by atoms with van der Waals surface area (Å²) in [6.07, 6.45) is 7.05. The summed E-state index contributed by atoms with van der Waals surface area (Å²) in [6, 6.07) is 7.39. The summed E-state index contributed by atoms with van der Waals surface area (Å²) in [4.78, 5) is 20.5. The van der Waals surface area contributed by atoms with Gasteiger partial charge in [-0.25, -0.2) is 0 Å². The van der Waals surface area contributed by atoms with E-state index in [2.05, 4.69) is 15.2 Å². The summed E-state index contributed by atoms with van der Waals surface area (Å²) >= 11 is 0. The van der Waals surface area contributed by atoms with E-state index in [-0.39, 0.29) is 37.6 Å². The molecule has 0 unspecified atom stereocenters. The Bertz CT molecular complexity index is 1290. The minimum Gasteiger partial charge on any atom is -0.504 e. The summed E-state index contributed by atoms with van der Waals surface area (Å²) in [5.41, 5.74) is 2.34. The Morgan fingerprint density at radius 1 is 1.30 bits per heavy atom. The second kappa shape index (κ2) is 8.30. The van der Waals surface area contributed by atoms with Crippen LogP contribution in [0.25, 0.3) is 5.57 Å². The molecule has 2 aromatic rings. The van der Waals surface area contributed by atoms with Crippen LogP contribution < -0.4 is 10.1 Å². The van der Waals surface area contributed by atoms with Crippen molar-refractivity contribution in [2.75, 3.05) is 13.1 Å². The lowest BCUT2D eigenvalue weighted by atomic mass is 9.48. The van der Waals surface area contributed by atoms with Crippen molar-refractivity contribution in [2.24, 2.45) is 5.92 Å². The van der Waals surface area contributed by atoms with E-state index in [1.165, 1.54) is 12.8 Å². The van der Waals surface area contributed by atoms with Gasteiger partial charge in [-0.05, 0) is 69.7 Å². The summed E-state index contributed by atoms with van der Waals surface area (Å²) in [5.74, 6) is 1.09. The molecule has 1 amide bonds. The molecule has 7 nitrogen and oxygen atoms in total. The molecule has 1 saturated heterocycles. The Labute approximate surface area is 218 Å². The molecule has 196 valence electrons.